The number of nitrogens with one attached hydrogen (secondary N) is 17. The highest BCUT2D eigenvalue weighted by molar-refractivity contribution is 6.02. The number of aromatic nitrogens is 1. The Kier molecular flexibility index (Phi) is 44.3. The predicted octanol–water partition coefficient (Wildman–Crippen LogP) is -4.09. The summed E-state index contributed by atoms with van der Waals surface area (Å²) in [5, 5.41) is 138. The number of H-pyrrole nitrogens is 1. The van der Waals surface area contributed by atoms with Gasteiger partial charge in [0.2, 0.25) is 88.6 Å². The number of carboxylic acid groups (broad SMARTS) is 2. The molecule has 1 aromatic heterocycles. The second-order valence-electron chi connectivity index (χ2n) is 34.7. The fourth-order valence-electron chi connectivity index (χ4n) is 15.1. The zero-order valence-electron chi connectivity index (χ0n) is 79.2. The number of carboxylic acids is 2. The predicted molar refractivity (Wildman–Crippen MR) is 522 cm³/mol. The third-order valence-electron chi connectivity index (χ3n) is 23.0. The van der Waals surface area contributed by atoms with Crippen molar-refractivity contribution < 1.29 is 127 Å². The Bertz CT molecular complexity index is 5800. The van der Waals surface area contributed by atoms with Gasteiger partial charge in [0.25, 0.3) is 0 Å². The molecule has 0 saturated heterocycles. The van der Waals surface area contributed by atoms with E-state index in [4.69, 9.17) is 28.3 Å². The van der Waals surface area contributed by atoms with E-state index in [2.05, 4.69) is 84.7 Å². The van der Waals surface area contributed by atoms with Crippen molar-refractivity contribution in [2.75, 3.05) is 32.8 Å². The van der Waals surface area contributed by atoms with Gasteiger partial charge >= 0.3 is 11.9 Å². The van der Waals surface area contributed by atoms with Crippen LogP contribution in [0.1, 0.15) is 97.7 Å². The molecule has 7 aromatic carbocycles. The van der Waals surface area contributed by atoms with Gasteiger partial charge in [-0.15, -0.1) is 0 Å². The number of carbonyl (C=O) groups excluding carboxylic acids is 15. The maximum absolute atomic E-state index is 15.3. The summed E-state index contributed by atoms with van der Waals surface area (Å²) >= 11 is 0. The van der Waals surface area contributed by atoms with E-state index in [0.29, 0.717) is 58.1 Å². The molecule has 1 heterocycles. The van der Waals surface area contributed by atoms with Crippen molar-refractivity contribution in [1.29, 1.82) is 5.41 Å². The molecule has 776 valence electrons. The van der Waals surface area contributed by atoms with Gasteiger partial charge < -0.3 is 154 Å². The van der Waals surface area contributed by atoms with Gasteiger partial charge in [0.15, 0.2) is 5.96 Å². The summed E-state index contributed by atoms with van der Waals surface area (Å²) in [6.07, 6.45) is -2.43. The van der Waals surface area contributed by atoms with Crippen molar-refractivity contribution in [3.05, 3.63) is 221 Å². The standard InChI is InChI=1S/C98H123N21O26/c1-52(2)83(97(144)145)119-94(141)77(47-82(129)130)116-91(138)71(39-53-11-4-3-5-12-53)111-90(137)74(44-58-25-35-64(126)36-26-58)113-92(139)75(45-59-48-105-67-15-7-6-13-65(59)67)115-96(143)78(50-120)117-86(133)68(16-10-38-104-98(102)103)108-87(134)72(42-56-21-31-62(124)32-22-56)114-95(142)79(51-121)118-93(140)76(46-80(101)127)107-81(128)49-106-85(132)69(40-54-17-27-60(122)28-18-54)110-89(136)73(43-57-23-33-63(125)34-24-57)112-88(135)70(41-55-19-29-61(123)30-20-55)109-84(131)66(100)14-8-9-37-99/h3-7,11-13,15,17-36,48,52,66,68-79,83,105,120-126H,8-10,14,16,37-47,49-51,99-100H2,1-2H3,(H2,101,127)(H,106,132)(H,107,128)(H,108,134)(H,109,131)(H,110,136)(H,111,137)(H,112,135)(H,113,139)(H,114,142)(H,115,143)(H,116,138)(H,117,133)(H,118,140)(H,119,141)(H,129,130)(H,144,145)(H4,102,103,104)/t66-,68-,69-,70-,71-,72-,73-,74-,75-,76-,77-,78-,79-,83-/m0/s1. The lowest BCUT2D eigenvalue weighted by Gasteiger charge is -2.28. The van der Waals surface area contributed by atoms with Crippen molar-refractivity contribution in [3.63, 3.8) is 0 Å². The Hall–Kier alpha value is -16.8. The zero-order chi connectivity index (χ0) is 106. The van der Waals surface area contributed by atoms with E-state index in [1.807, 2.05) is 0 Å². The first kappa shape index (κ1) is 113. The fourth-order valence-corrected chi connectivity index (χ4v) is 15.1. The van der Waals surface area contributed by atoms with Crippen molar-refractivity contribution in [1.82, 2.24) is 84.7 Å². The number of phenols is 5. The van der Waals surface area contributed by atoms with E-state index in [0.717, 1.165) is 0 Å². The van der Waals surface area contributed by atoms with Crippen LogP contribution in [0.2, 0.25) is 0 Å². The molecule has 34 N–H and O–H groups in total. The largest absolute Gasteiger partial charge is 0.508 e. The highest BCUT2D eigenvalue weighted by Gasteiger charge is 2.40. The van der Waals surface area contributed by atoms with Gasteiger partial charge in [0.1, 0.15) is 107 Å². The second-order valence-corrected chi connectivity index (χ2v) is 34.7. The van der Waals surface area contributed by atoms with E-state index >= 15 is 14.4 Å². The minimum absolute atomic E-state index is 0.104. The number of guanidine groups is 1. The van der Waals surface area contributed by atoms with Gasteiger partial charge in [-0.3, -0.25) is 82.1 Å². The third kappa shape index (κ3) is 37.6. The normalized spacial score (nSPS) is 14.0. The molecule has 145 heavy (non-hydrogen) atoms. The van der Waals surface area contributed by atoms with Gasteiger partial charge in [-0.2, -0.15) is 0 Å². The van der Waals surface area contributed by atoms with Crippen molar-refractivity contribution in [3.8, 4) is 28.7 Å². The number of unbranched alkanes of at least 4 members (excludes halogenated alkanes) is 1. The van der Waals surface area contributed by atoms with Crippen LogP contribution in [0.4, 0.5) is 0 Å². The molecule has 0 unspecified atom stereocenters. The highest BCUT2D eigenvalue weighted by Crippen LogP contribution is 2.23. The lowest BCUT2D eigenvalue weighted by atomic mass is 10.00. The van der Waals surface area contributed by atoms with Gasteiger partial charge in [0, 0.05) is 68.6 Å². The molecule has 0 radical (unpaired) electrons. The van der Waals surface area contributed by atoms with Gasteiger partial charge in [-0.1, -0.05) is 129 Å². The molecule has 47 heteroatoms. The molecule has 0 saturated carbocycles. The first-order valence-corrected chi connectivity index (χ1v) is 46.2. The number of aliphatic hydroxyl groups is 2. The Morgan fingerprint density at radius 1 is 0.345 bits per heavy atom. The summed E-state index contributed by atoms with van der Waals surface area (Å²) in [5.74, 6) is -22.4. The van der Waals surface area contributed by atoms with E-state index in [9.17, 15) is 113 Å². The molecular weight excluding hydrogens is 1890 g/mol. The van der Waals surface area contributed by atoms with Crippen molar-refractivity contribution >= 4 is 117 Å². The molecule has 14 atom stereocenters. The molecule has 0 aliphatic heterocycles. The maximum atomic E-state index is 15.3. The van der Waals surface area contributed by atoms with Crippen LogP contribution in [0.3, 0.4) is 0 Å². The zero-order valence-corrected chi connectivity index (χ0v) is 79.2. The quantitative estimate of drug-likeness (QED) is 0.00979. The van der Waals surface area contributed by atoms with Crippen LogP contribution >= 0.6 is 0 Å². The van der Waals surface area contributed by atoms with Crippen LogP contribution < -0.4 is 103 Å². The molecular formula is C98H123N21O26. The summed E-state index contributed by atoms with van der Waals surface area (Å²) < 4.78 is 0. The molecule has 0 fully saturated rings. The number of para-hydroxylation sites is 1. The van der Waals surface area contributed by atoms with Crippen molar-refractivity contribution in [2.24, 2.45) is 28.9 Å². The van der Waals surface area contributed by atoms with Crippen LogP contribution in [0.25, 0.3) is 10.9 Å². The van der Waals surface area contributed by atoms with E-state index < -0.39 is 255 Å². The second kappa shape index (κ2) is 56.6. The molecule has 0 aliphatic rings. The highest BCUT2D eigenvalue weighted by atomic mass is 16.4. The van der Waals surface area contributed by atoms with E-state index in [-0.39, 0.29) is 84.9 Å². The number of aliphatic hydroxyl groups excluding tert-OH is 2. The van der Waals surface area contributed by atoms with Gasteiger partial charge in [0.05, 0.1) is 38.6 Å². The number of hydrogen-bond acceptors (Lipinski definition) is 27. The number of nitrogens with two attached hydrogens (primary N) is 4. The summed E-state index contributed by atoms with van der Waals surface area (Å²) in [5.41, 5.74) is 26.0. The average Bonchev–Trinajstić information content (AvgIpc) is 1.71. The number of fused-ring (bicyclic) bond motifs is 1. The minimum Gasteiger partial charge on any atom is -0.508 e. The summed E-state index contributed by atoms with van der Waals surface area (Å²) in [7, 11) is 0. The van der Waals surface area contributed by atoms with Gasteiger partial charge in [-0.25, -0.2) is 4.79 Å². The van der Waals surface area contributed by atoms with Crippen LogP contribution in [-0.4, -0.2) is 275 Å². The number of phenolic OH excluding ortho intramolecular Hbond substituents is 5. The molecule has 8 aromatic rings. The number of hydrogen-bond donors (Lipinski definition) is 30. The SMILES string of the molecule is CC(C)[C@H](NC(=O)[C@H](CC(=O)O)NC(=O)[C@H](Cc1ccccc1)NC(=O)[C@H](Cc1ccc(O)cc1)NC(=O)[C@H](Cc1c[nH]c2ccccc12)NC(=O)[C@H](CO)NC(=O)[C@H](CCCNC(=N)N)NC(=O)[C@H](Cc1ccc(O)cc1)NC(=O)[C@H](CO)NC(=O)[C@H](CC(N)=O)NC(=O)CNC(=O)[C@H](Cc1ccc(O)cc1)NC(=O)[C@H](Cc1ccc(O)cc1)NC(=O)[C@H](Cc1ccc(O)cc1)NC(=O)[C@@H](N)CCCCN)C(=O)O. The van der Waals surface area contributed by atoms with Gasteiger partial charge in [-0.05, 0) is 144 Å². The minimum atomic E-state index is -2.09. The summed E-state index contributed by atoms with van der Waals surface area (Å²) in [6.45, 7) is -0.437. The molecule has 0 spiro atoms. The first-order valence-electron chi connectivity index (χ1n) is 46.2. The number of aromatic amines is 1. The smallest absolute Gasteiger partial charge is 0.326 e. The lowest BCUT2D eigenvalue weighted by molar-refractivity contribution is -0.144. The van der Waals surface area contributed by atoms with Crippen molar-refractivity contribution in [2.45, 2.75) is 188 Å². The number of rotatable bonds is 58. The molecule has 0 bridgehead atoms. The summed E-state index contributed by atoms with van der Waals surface area (Å²) in [4.78, 5) is 244. The van der Waals surface area contributed by atoms with Crippen LogP contribution in [0.15, 0.2) is 182 Å². The third-order valence-corrected chi connectivity index (χ3v) is 23.0. The first-order chi connectivity index (χ1) is 69.0. The number of aliphatic carboxylic acids is 2. The molecule has 15 amide bonds. The molecule has 0 aliphatic carbocycles. The average molecular weight is 2010 g/mol. The lowest BCUT2D eigenvalue weighted by Crippen LogP contribution is -2.62. The Morgan fingerprint density at radius 3 is 1.04 bits per heavy atom. The maximum Gasteiger partial charge on any atom is 0.326 e. The van der Waals surface area contributed by atoms with E-state index in [1.165, 1.54) is 141 Å². The van der Waals surface area contributed by atoms with E-state index in [1.54, 1.807) is 54.6 Å². The number of carbonyl (C=O) groups is 17. The number of amides is 15. The topological polar surface area (TPSA) is 796 Å². The van der Waals surface area contributed by atoms with Crippen LogP contribution in [-0.2, 0) is 126 Å². The monoisotopic (exact) mass is 2010 g/mol. The van der Waals surface area contributed by atoms with Crippen LogP contribution in [0, 0.1) is 11.3 Å². The Labute approximate surface area is 831 Å². The Balaban J connectivity index is 1.01. The fraction of sp³-hybridized carbons (Fsp3) is 0.367. The van der Waals surface area contributed by atoms with Crippen LogP contribution in [0.5, 0.6) is 28.7 Å². The number of primary amides is 1. The number of benzene rings is 7. The molecule has 47 nitrogen and oxygen atoms in total. The Morgan fingerprint density at radius 2 is 0.669 bits per heavy atom. The number of aromatic hydroxyl groups is 5. The summed E-state index contributed by atoms with van der Waals surface area (Å²) in [6, 6.07) is 17.5. The molecule has 8 rings (SSSR count).